The second-order valence-corrected chi connectivity index (χ2v) is 5.46. The Balaban J connectivity index is 2.05. The Morgan fingerprint density at radius 2 is 1.90 bits per heavy atom. The lowest BCUT2D eigenvalue weighted by atomic mass is 9.96. The Morgan fingerprint density at radius 1 is 1.19 bits per heavy atom. The monoisotopic (exact) mass is 286 g/mol. The number of hydrogen-bond donors (Lipinski definition) is 1. The molecule has 0 bridgehead atoms. The molecule has 1 aliphatic rings. The fourth-order valence-corrected chi connectivity index (χ4v) is 2.90. The number of carboxylic acid groups (broad SMARTS) is 1. The van der Waals surface area contributed by atoms with Crippen LogP contribution < -0.4 is 0 Å². The van der Waals surface area contributed by atoms with E-state index in [2.05, 4.69) is 15.1 Å². The van der Waals surface area contributed by atoms with Gasteiger partial charge in [-0.15, -0.1) is 0 Å². The average Bonchev–Trinajstić information content (AvgIpc) is 2.94. The smallest absolute Gasteiger partial charge is 0.339 e. The van der Waals surface area contributed by atoms with Crippen LogP contribution in [0.4, 0.5) is 0 Å². The first-order chi connectivity index (χ1) is 10.2. The summed E-state index contributed by atoms with van der Waals surface area (Å²) in [6, 6.07) is 0.294. The van der Waals surface area contributed by atoms with Gasteiger partial charge in [0.1, 0.15) is 17.0 Å². The topological polar surface area (TPSA) is 80.9 Å². The van der Waals surface area contributed by atoms with Crippen LogP contribution in [0.15, 0.2) is 18.6 Å². The summed E-state index contributed by atoms with van der Waals surface area (Å²) >= 11 is 0. The van der Waals surface area contributed by atoms with Gasteiger partial charge in [0.15, 0.2) is 0 Å². The van der Waals surface area contributed by atoms with Crippen molar-refractivity contribution in [1.82, 2.24) is 19.7 Å². The summed E-state index contributed by atoms with van der Waals surface area (Å²) in [5, 5.41) is 13.9. The quantitative estimate of drug-likeness (QED) is 0.938. The molecule has 6 heteroatoms. The fourth-order valence-electron chi connectivity index (χ4n) is 2.90. The summed E-state index contributed by atoms with van der Waals surface area (Å²) < 4.78 is 1.81. The van der Waals surface area contributed by atoms with Gasteiger partial charge in [-0.25, -0.2) is 4.79 Å². The van der Waals surface area contributed by atoms with Crippen molar-refractivity contribution in [2.24, 2.45) is 0 Å². The summed E-state index contributed by atoms with van der Waals surface area (Å²) in [7, 11) is 0. The Kier molecular flexibility index (Phi) is 3.68. The molecular formula is C15H18N4O2. The Labute approximate surface area is 122 Å². The van der Waals surface area contributed by atoms with Gasteiger partial charge in [-0.2, -0.15) is 5.10 Å². The highest BCUT2D eigenvalue weighted by molar-refractivity contribution is 5.94. The van der Waals surface area contributed by atoms with Gasteiger partial charge in [-0.1, -0.05) is 19.3 Å². The lowest BCUT2D eigenvalue weighted by Crippen LogP contribution is -2.13. The molecule has 6 nitrogen and oxygen atoms in total. The van der Waals surface area contributed by atoms with Gasteiger partial charge in [0.25, 0.3) is 0 Å². The second-order valence-electron chi connectivity index (χ2n) is 5.46. The normalized spacial score (nSPS) is 16.0. The van der Waals surface area contributed by atoms with Crippen LogP contribution in [0.3, 0.4) is 0 Å². The fraction of sp³-hybridized carbons (Fsp3) is 0.467. The first-order valence-electron chi connectivity index (χ1n) is 7.27. The summed E-state index contributed by atoms with van der Waals surface area (Å²) in [4.78, 5) is 19.9. The lowest BCUT2D eigenvalue weighted by molar-refractivity contribution is 0.0697. The Hall–Kier alpha value is -2.24. The maximum absolute atomic E-state index is 11.5. The van der Waals surface area contributed by atoms with E-state index in [0.717, 1.165) is 12.8 Å². The minimum atomic E-state index is -0.975. The molecule has 21 heavy (non-hydrogen) atoms. The number of rotatable bonds is 3. The molecular weight excluding hydrogens is 268 g/mol. The Morgan fingerprint density at radius 3 is 2.57 bits per heavy atom. The highest BCUT2D eigenvalue weighted by Crippen LogP contribution is 2.30. The van der Waals surface area contributed by atoms with Crippen molar-refractivity contribution in [2.75, 3.05) is 0 Å². The van der Waals surface area contributed by atoms with Crippen molar-refractivity contribution in [1.29, 1.82) is 0 Å². The maximum Gasteiger partial charge on any atom is 0.339 e. The number of aromatic carboxylic acids is 1. The van der Waals surface area contributed by atoms with Crippen LogP contribution in [-0.2, 0) is 0 Å². The number of nitrogens with zero attached hydrogens (tertiary/aromatic N) is 4. The molecule has 0 radical (unpaired) electrons. The van der Waals surface area contributed by atoms with E-state index in [9.17, 15) is 9.90 Å². The molecule has 0 aromatic carbocycles. The van der Waals surface area contributed by atoms with E-state index in [1.807, 2.05) is 11.6 Å². The van der Waals surface area contributed by atoms with Crippen molar-refractivity contribution in [3.05, 3.63) is 29.8 Å². The van der Waals surface area contributed by atoms with Crippen LogP contribution in [0.25, 0.3) is 11.4 Å². The zero-order valence-corrected chi connectivity index (χ0v) is 12.0. The van der Waals surface area contributed by atoms with Crippen LogP contribution in [0.5, 0.6) is 0 Å². The van der Waals surface area contributed by atoms with Crippen LogP contribution in [0.2, 0.25) is 0 Å². The standard InChI is InChI=1S/C15H18N4O2/c1-10-13(17-8-7-16-10)14-12(15(20)21)9-19(18-14)11-5-3-2-4-6-11/h7-9,11H,2-6H2,1H3,(H,20,21). The van der Waals surface area contributed by atoms with Gasteiger partial charge in [0, 0.05) is 18.6 Å². The van der Waals surface area contributed by atoms with Crippen LogP contribution in [-0.4, -0.2) is 30.8 Å². The number of carboxylic acids is 1. The van der Waals surface area contributed by atoms with E-state index in [1.54, 1.807) is 18.6 Å². The third-order valence-corrected chi connectivity index (χ3v) is 4.02. The molecule has 1 saturated carbocycles. The van der Waals surface area contributed by atoms with E-state index in [4.69, 9.17) is 0 Å². The summed E-state index contributed by atoms with van der Waals surface area (Å²) in [5.74, 6) is -0.975. The first kappa shape index (κ1) is 13.7. The molecule has 1 aliphatic carbocycles. The van der Waals surface area contributed by atoms with Gasteiger partial charge in [-0.3, -0.25) is 14.6 Å². The van der Waals surface area contributed by atoms with E-state index in [1.165, 1.54) is 19.3 Å². The SMILES string of the molecule is Cc1nccnc1-c1nn(C2CCCCC2)cc1C(=O)O. The molecule has 0 aliphatic heterocycles. The van der Waals surface area contributed by atoms with Crippen molar-refractivity contribution < 1.29 is 9.90 Å². The second kappa shape index (κ2) is 5.63. The predicted octanol–water partition coefficient (Wildman–Crippen LogP) is 2.85. The zero-order valence-electron chi connectivity index (χ0n) is 12.0. The molecule has 0 unspecified atom stereocenters. The molecule has 0 amide bonds. The summed E-state index contributed by atoms with van der Waals surface area (Å²) in [6.45, 7) is 1.81. The van der Waals surface area contributed by atoms with E-state index in [0.29, 0.717) is 23.1 Å². The molecule has 110 valence electrons. The van der Waals surface area contributed by atoms with Crippen LogP contribution in [0.1, 0.15) is 54.2 Å². The minimum absolute atomic E-state index is 0.198. The molecule has 2 aromatic heterocycles. The lowest BCUT2D eigenvalue weighted by Gasteiger charge is -2.21. The van der Waals surface area contributed by atoms with Gasteiger partial charge < -0.3 is 5.11 Å². The van der Waals surface area contributed by atoms with Crippen molar-refractivity contribution >= 4 is 5.97 Å². The molecule has 0 spiro atoms. The summed E-state index contributed by atoms with van der Waals surface area (Å²) in [6.07, 6.45) is 10.5. The predicted molar refractivity (Wildman–Crippen MR) is 77.1 cm³/mol. The average molecular weight is 286 g/mol. The third-order valence-electron chi connectivity index (χ3n) is 4.02. The number of hydrogen-bond acceptors (Lipinski definition) is 4. The van der Waals surface area contributed by atoms with Gasteiger partial charge >= 0.3 is 5.97 Å². The molecule has 0 atom stereocenters. The van der Waals surface area contributed by atoms with Gasteiger partial charge in [0.2, 0.25) is 0 Å². The number of carbonyl (C=O) groups is 1. The van der Waals surface area contributed by atoms with Crippen molar-refractivity contribution in [3.8, 4) is 11.4 Å². The molecule has 0 saturated heterocycles. The third kappa shape index (κ3) is 2.66. The molecule has 2 aromatic rings. The highest BCUT2D eigenvalue weighted by Gasteiger charge is 2.23. The largest absolute Gasteiger partial charge is 0.478 e. The molecule has 3 rings (SSSR count). The molecule has 1 fully saturated rings. The minimum Gasteiger partial charge on any atom is -0.478 e. The molecule has 2 heterocycles. The van der Waals surface area contributed by atoms with Gasteiger partial charge in [-0.05, 0) is 19.8 Å². The first-order valence-corrected chi connectivity index (χ1v) is 7.27. The van der Waals surface area contributed by atoms with Crippen molar-refractivity contribution in [2.45, 2.75) is 45.1 Å². The number of aryl methyl sites for hydroxylation is 1. The van der Waals surface area contributed by atoms with E-state index < -0.39 is 5.97 Å². The molecule has 1 N–H and O–H groups in total. The summed E-state index contributed by atoms with van der Waals surface area (Å²) in [5.41, 5.74) is 1.85. The van der Waals surface area contributed by atoms with Crippen LogP contribution >= 0.6 is 0 Å². The maximum atomic E-state index is 11.5. The Bertz CT molecular complexity index is 659. The van der Waals surface area contributed by atoms with Gasteiger partial charge in [0.05, 0.1) is 11.7 Å². The highest BCUT2D eigenvalue weighted by atomic mass is 16.4. The van der Waals surface area contributed by atoms with E-state index >= 15 is 0 Å². The zero-order chi connectivity index (χ0) is 14.8. The van der Waals surface area contributed by atoms with Crippen LogP contribution in [0, 0.1) is 6.92 Å². The van der Waals surface area contributed by atoms with Crippen molar-refractivity contribution in [3.63, 3.8) is 0 Å². The van der Waals surface area contributed by atoms with E-state index in [-0.39, 0.29) is 5.56 Å². The number of aromatic nitrogens is 4.